The first kappa shape index (κ1) is 22.6. The van der Waals surface area contributed by atoms with E-state index in [0.29, 0.717) is 19.7 Å². The lowest BCUT2D eigenvalue weighted by Crippen LogP contribution is -2.36. The summed E-state index contributed by atoms with van der Waals surface area (Å²) in [6.07, 6.45) is 6.65. The lowest BCUT2D eigenvalue weighted by Gasteiger charge is -2.15. The number of fused-ring (bicyclic) bond motifs is 1. The van der Waals surface area contributed by atoms with Crippen LogP contribution in [0.1, 0.15) is 43.3 Å². The second kappa shape index (κ2) is 10.4. The number of nitrogens with zero attached hydrogens (tertiary/aromatic N) is 4. The zero-order valence-corrected chi connectivity index (χ0v) is 19.8. The minimum atomic E-state index is 0.203. The maximum Gasteiger partial charge on any atom is 0.191 e. The van der Waals surface area contributed by atoms with Gasteiger partial charge in [0.2, 0.25) is 0 Å². The molecule has 2 aromatic heterocycles. The number of hydrogen-bond acceptors (Lipinski definition) is 5. The highest BCUT2D eigenvalue weighted by atomic mass is 16.5. The zero-order valence-electron chi connectivity index (χ0n) is 19.8. The van der Waals surface area contributed by atoms with Crippen LogP contribution in [0.2, 0.25) is 0 Å². The monoisotopic (exact) mass is 448 g/mol. The molecule has 8 heteroatoms. The van der Waals surface area contributed by atoms with Crippen molar-refractivity contribution < 1.29 is 9.47 Å². The maximum absolute atomic E-state index is 5.94. The van der Waals surface area contributed by atoms with Crippen LogP contribution in [-0.4, -0.2) is 39.8 Å². The third-order valence-corrected chi connectivity index (χ3v) is 5.47. The molecule has 1 aromatic carbocycles. The van der Waals surface area contributed by atoms with Gasteiger partial charge in [-0.3, -0.25) is 4.57 Å². The van der Waals surface area contributed by atoms with Gasteiger partial charge in [0.05, 0.1) is 13.2 Å². The van der Waals surface area contributed by atoms with Gasteiger partial charge in [0.25, 0.3) is 0 Å². The average molecular weight is 449 g/mol. The Morgan fingerprint density at radius 3 is 2.82 bits per heavy atom. The quantitative estimate of drug-likeness (QED) is 0.405. The van der Waals surface area contributed by atoms with E-state index in [0.717, 1.165) is 53.2 Å². The van der Waals surface area contributed by atoms with Crippen molar-refractivity contribution in [1.82, 2.24) is 25.2 Å². The molecule has 1 unspecified atom stereocenters. The first-order valence-corrected chi connectivity index (χ1v) is 11.5. The van der Waals surface area contributed by atoms with Crippen molar-refractivity contribution >= 4 is 5.96 Å². The molecule has 2 N–H and O–H groups in total. The molecule has 3 aromatic rings. The number of aliphatic imine (C=N–C) groups is 1. The number of hydrogen-bond donors (Lipinski definition) is 2. The second-order valence-corrected chi connectivity index (χ2v) is 8.05. The third kappa shape index (κ3) is 5.45. The molecule has 0 bridgehead atoms. The predicted molar refractivity (Wildman–Crippen MR) is 129 cm³/mol. The van der Waals surface area contributed by atoms with E-state index in [4.69, 9.17) is 14.5 Å². The van der Waals surface area contributed by atoms with Gasteiger partial charge in [0.1, 0.15) is 29.2 Å². The van der Waals surface area contributed by atoms with Gasteiger partial charge in [0.15, 0.2) is 5.96 Å². The maximum atomic E-state index is 5.94. The topological polar surface area (TPSA) is 85.6 Å². The Labute approximate surface area is 195 Å². The Morgan fingerprint density at radius 1 is 1.24 bits per heavy atom. The van der Waals surface area contributed by atoms with E-state index in [9.17, 15) is 0 Å². The van der Waals surface area contributed by atoms with Crippen molar-refractivity contribution in [3.05, 3.63) is 65.4 Å². The molecular weight excluding hydrogens is 416 g/mol. The third-order valence-electron chi connectivity index (χ3n) is 5.47. The van der Waals surface area contributed by atoms with E-state index < -0.39 is 0 Å². The van der Waals surface area contributed by atoms with Crippen molar-refractivity contribution in [2.45, 2.75) is 53.3 Å². The van der Waals surface area contributed by atoms with E-state index in [1.54, 1.807) is 6.20 Å². The van der Waals surface area contributed by atoms with Crippen LogP contribution in [0.25, 0.3) is 5.82 Å². The molecule has 8 nitrogen and oxygen atoms in total. The number of aromatic nitrogens is 3. The van der Waals surface area contributed by atoms with Crippen molar-refractivity contribution in [2.24, 2.45) is 4.99 Å². The molecule has 4 rings (SSSR count). The standard InChI is InChI=1S/C25H32N6O2/c1-5-26-25(29-15-19-7-8-24(28-14-19)31-10-9-27-18(31)4)30-16-21-13-23-20(11-17(3)33-23)12-22(21)32-6-2/h7-10,12-14,17H,5-6,11,15-16H2,1-4H3,(H2,26,29,30). The minimum absolute atomic E-state index is 0.203. The molecule has 1 aliphatic heterocycles. The van der Waals surface area contributed by atoms with Crippen LogP contribution >= 0.6 is 0 Å². The van der Waals surface area contributed by atoms with Gasteiger partial charge >= 0.3 is 0 Å². The lowest BCUT2D eigenvalue weighted by molar-refractivity contribution is 0.254. The first-order chi connectivity index (χ1) is 16.1. The molecule has 0 fully saturated rings. The Hall–Kier alpha value is -3.55. The number of guanidine groups is 1. The van der Waals surface area contributed by atoms with E-state index in [1.165, 1.54) is 5.56 Å². The summed E-state index contributed by atoms with van der Waals surface area (Å²) in [7, 11) is 0. The molecule has 33 heavy (non-hydrogen) atoms. The molecule has 0 aliphatic carbocycles. The summed E-state index contributed by atoms with van der Waals surface area (Å²) in [5.41, 5.74) is 3.29. The molecule has 0 spiro atoms. The average Bonchev–Trinajstić information content (AvgIpc) is 3.40. The highest BCUT2D eigenvalue weighted by Crippen LogP contribution is 2.35. The normalized spacial score (nSPS) is 15.2. The Balaban J connectivity index is 1.44. The number of aryl methyl sites for hydroxylation is 1. The number of rotatable bonds is 8. The van der Waals surface area contributed by atoms with Gasteiger partial charge < -0.3 is 20.1 Å². The smallest absolute Gasteiger partial charge is 0.191 e. The Kier molecular flexibility index (Phi) is 7.12. The van der Waals surface area contributed by atoms with E-state index in [2.05, 4.69) is 46.6 Å². The fraction of sp³-hybridized carbons (Fsp3) is 0.400. The summed E-state index contributed by atoms with van der Waals surface area (Å²) in [6.45, 7) is 10.6. The number of ether oxygens (including phenoxy) is 2. The highest BCUT2D eigenvalue weighted by molar-refractivity contribution is 5.79. The molecule has 0 saturated heterocycles. The summed E-state index contributed by atoms with van der Waals surface area (Å²) in [4.78, 5) is 13.5. The van der Waals surface area contributed by atoms with Crippen LogP contribution in [0.15, 0.2) is 47.8 Å². The molecule has 174 valence electrons. The van der Waals surface area contributed by atoms with E-state index in [-0.39, 0.29) is 6.10 Å². The zero-order chi connectivity index (χ0) is 23.2. The molecular formula is C25H32N6O2. The van der Waals surface area contributed by atoms with Gasteiger partial charge in [-0.05, 0) is 51.5 Å². The largest absolute Gasteiger partial charge is 0.494 e. The highest BCUT2D eigenvalue weighted by Gasteiger charge is 2.22. The van der Waals surface area contributed by atoms with Crippen molar-refractivity contribution in [1.29, 1.82) is 0 Å². The summed E-state index contributed by atoms with van der Waals surface area (Å²) in [5.74, 6) is 4.34. The van der Waals surface area contributed by atoms with Crippen LogP contribution in [-0.2, 0) is 19.5 Å². The second-order valence-electron chi connectivity index (χ2n) is 8.05. The summed E-state index contributed by atoms with van der Waals surface area (Å²) in [5, 5.41) is 6.73. The van der Waals surface area contributed by atoms with Crippen molar-refractivity contribution in [3.8, 4) is 17.3 Å². The molecule has 3 heterocycles. The molecule has 1 atom stereocenters. The molecule has 1 aliphatic rings. The van der Waals surface area contributed by atoms with Gasteiger partial charge in [-0.15, -0.1) is 0 Å². The number of benzene rings is 1. The summed E-state index contributed by atoms with van der Waals surface area (Å²) < 4.78 is 13.8. The van der Waals surface area contributed by atoms with Crippen LogP contribution in [0.5, 0.6) is 11.5 Å². The summed E-state index contributed by atoms with van der Waals surface area (Å²) in [6, 6.07) is 8.22. The fourth-order valence-electron chi connectivity index (χ4n) is 3.87. The minimum Gasteiger partial charge on any atom is -0.494 e. The van der Waals surface area contributed by atoms with Crippen LogP contribution in [0.3, 0.4) is 0 Å². The van der Waals surface area contributed by atoms with Crippen molar-refractivity contribution in [3.63, 3.8) is 0 Å². The Bertz CT molecular complexity index is 1110. The first-order valence-electron chi connectivity index (χ1n) is 11.5. The van der Waals surface area contributed by atoms with Gasteiger partial charge in [-0.1, -0.05) is 6.07 Å². The molecule has 0 amide bonds. The lowest BCUT2D eigenvalue weighted by atomic mass is 10.1. The van der Waals surface area contributed by atoms with Crippen molar-refractivity contribution in [2.75, 3.05) is 13.2 Å². The molecule has 0 radical (unpaired) electrons. The number of nitrogens with one attached hydrogen (secondary N) is 2. The predicted octanol–water partition coefficient (Wildman–Crippen LogP) is 3.55. The number of pyridine rings is 1. The van der Waals surface area contributed by atoms with E-state index >= 15 is 0 Å². The van der Waals surface area contributed by atoms with Gasteiger partial charge in [0, 0.05) is 49.2 Å². The van der Waals surface area contributed by atoms with Gasteiger partial charge in [-0.25, -0.2) is 15.0 Å². The number of imidazole rings is 1. The van der Waals surface area contributed by atoms with Crippen LogP contribution in [0.4, 0.5) is 0 Å². The van der Waals surface area contributed by atoms with Crippen LogP contribution < -0.4 is 20.1 Å². The SMILES string of the molecule is CCNC(=NCc1ccc(-n2ccnc2C)nc1)NCc1cc2c(cc1OCC)CC(C)O2. The fourth-order valence-corrected chi connectivity index (χ4v) is 3.87. The Morgan fingerprint density at radius 2 is 2.12 bits per heavy atom. The van der Waals surface area contributed by atoms with Gasteiger partial charge in [-0.2, -0.15) is 0 Å². The van der Waals surface area contributed by atoms with E-state index in [1.807, 2.05) is 42.9 Å². The molecule has 0 saturated carbocycles. The van der Waals surface area contributed by atoms with Crippen LogP contribution in [0, 0.1) is 6.92 Å². The summed E-state index contributed by atoms with van der Waals surface area (Å²) >= 11 is 0.